The Hall–Kier alpha value is -1.60. The molecule has 0 spiro atoms. The van der Waals surface area contributed by atoms with Gasteiger partial charge in [-0.3, -0.25) is 0 Å². The van der Waals surface area contributed by atoms with E-state index >= 15 is 0 Å². The minimum absolute atomic E-state index is 0.526. The van der Waals surface area contributed by atoms with Crippen molar-refractivity contribution in [2.24, 2.45) is 0 Å². The molecule has 2 aromatic carbocycles. The largest absolute Gasteiger partial charge is 0.314 e. The highest BCUT2D eigenvalue weighted by Crippen LogP contribution is 2.21. The summed E-state index contributed by atoms with van der Waals surface area (Å²) in [5.41, 5.74) is 4.29. The van der Waals surface area contributed by atoms with E-state index in [1.54, 1.807) is 0 Å². The van der Waals surface area contributed by atoms with Gasteiger partial charge in [-0.2, -0.15) is 0 Å². The molecule has 112 valence electrons. The number of rotatable bonds is 7. The Labute approximate surface area is 129 Å². The molecular formula is C20H27N. The summed E-state index contributed by atoms with van der Waals surface area (Å²) >= 11 is 0. The molecule has 0 amide bonds. The molecule has 0 radical (unpaired) electrons. The molecule has 0 heterocycles. The Morgan fingerprint density at radius 3 is 2.29 bits per heavy atom. The van der Waals surface area contributed by atoms with Crippen LogP contribution in [0.1, 0.15) is 43.4 Å². The van der Waals surface area contributed by atoms with Crippen LogP contribution in [0.15, 0.2) is 54.6 Å². The van der Waals surface area contributed by atoms with E-state index in [9.17, 15) is 0 Å². The molecule has 0 aliphatic rings. The standard InChI is InChI=1S/C20H27N/c1-4-17-9-8-10-18(13-17)14-20(15-21-16(2)3)19-11-6-5-7-12-19/h5-13,16,20-21H,4,14-15H2,1-3H3. The van der Waals surface area contributed by atoms with Crippen LogP contribution in [0.3, 0.4) is 0 Å². The van der Waals surface area contributed by atoms with Gasteiger partial charge in [0.15, 0.2) is 0 Å². The van der Waals surface area contributed by atoms with Crippen LogP contribution >= 0.6 is 0 Å². The van der Waals surface area contributed by atoms with Crippen LogP contribution in [0.4, 0.5) is 0 Å². The Kier molecular flexibility index (Phi) is 6.01. The smallest absolute Gasteiger partial charge is 0.00257 e. The fourth-order valence-electron chi connectivity index (χ4n) is 2.67. The molecule has 2 rings (SSSR count). The molecule has 1 atom stereocenters. The molecule has 0 aromatic heterocycles. The lowest BCUT2D eigenvalue weighted by molar-refractivity contribution is 0.526. The zero-order chi connectivity index (χ0) is 15.1. The van der Waals surface area contributed by atoms with E-state index in [1.165, 1.54) is 16.7 Å². The molecule has 0 aliphatic heterocycles. The van der Waals surface area contributed by atoms with Gasteiger partial charge in [-0.1, -0.05) is 75.4 Å². The van der Waals surface area contributed by atoms with Crippen molar-refractivity contribution in [1.82, 2.24) is 5.32 Å². The predicted molar refractivity (Wildman–Crippen MR) is 91.8 cm³/mol. The number of hydrogen-bond donors (Lipinski definition) is 1. The monoisotopic (exact) mass is 281 g/mol. The quantitative estimate of drug-likeness (QED) is 0.783. The fraction of sp³-hybridized carbons (Fsp3) is 0.400. The average Bonchev–Trinajstić information content (AvgIpc) is 2.52. The van der Waals surface area contributed by atoms with Crippen molar-refractivity contribution in [3.8, 4) is 0 Å². The van der Waals surface area contributed by atoms with Gasteiger partial charge in [0.25, 0.3) is 0 Å². The Bertz CT molecular complexity index is 531. The van der Waals surface area contributed by atoms with Crippen molar-refractivity contribution in [3.05, 3.63) is 71.3 Å². The Morgan fingerprint density at radius 2 is 1.62 bits per heavy atom. The maximum absolute atomic E-state index is 3.59. The van der Waals surface area contributed by atoms with Crippen LogP contribution in [0.2, 0.25) is 0 Å². The summed E-state index contributed by atoms with van der Waals surface area (Å²) in [6.45, 7) is 7.66. The Balaban J connectivity index is 2.15. The summed E-state index contributed by atoms with van der Waals surface area (Å²) in [4.78, 5) is 0. The minimum atomic E-state index is 0.526. The van der Waals surface area contributed by atoms with Gasteiger partial charge in [-0.05, 0) is 29.5 Å². The SMILES string of the molecule is CCc1cccc(CC(CNC(C)C)c2ccccc2)c1. The molecule has 0 saturated carbocycles. The van der Waals surface area contributed by atoms with E-state index in [0.717, 1.165) is 19.4 Å². The molecule has 1 heteroatoms. The molecule has 1 unspecified atom stereocenters. The lowest BCUT2D eigenvalue weighted by atomic mass is 9.91. The Morgan fingerprint density at radius 1 is 0.905 bits per heavy atom. The number of hydrogen-bond acceptors (Lipinski definition) is 1. The van der Waals surface area contributed by atoms with Crippen molar-refractivity contribution in [3.63, 3.8) is 0 Å². The second-order valence-electron chi connectivity index (χ2n) is 6.05. The first kappa shape index (κ1) is 15.8. The zero-order valence-electron chi connectivity index (χ0n) is 13.5. The van der Waals surface area contributed by atoms with Crippen LogP contribution in [-0.2, 0) is 12.8 Å². The lowest BCUT2D eigenvalue weighted by Gasteiger charge is -2.20. The number of aryl methyl sites for hydroxylation is 1. The van der Waals surface area contributed by atoms with E-state index in [-0.39, 0.29) is 0 Å². The van der Waals surface area contributed by atoms with E-state index in [1.807, 2.05) is 0 Å². The lowest BCUT2D eigenvalue weighted by Crippen LogP contribution is -2.29. The van der Waals surface area contributed by atoms with Gasteiger partial charge in [0, 0.05) is 18.5 Å². The van der Waals surface area contributed by atoms with Crippen LogP contribution in [0.5, 0.6) is 0 Å². The normalized spacial score (nSPS) is 12.6. The summed E-state index contributed by atoms with van der Waals surface area (Å²) in [5.74, 6) is 0.528. The third-order valence-corrected chi connectivity index (χ3v) is 3.93. The van der Waals surface area contributed by atoms with Gasteiger partial charge >= 0.3 is 0 Å². The number of benzene rings is 2. The highest BCUT2D eigenvalue weighted by atomic mass is 14.9. The molecular weight excluding hydrogens is 254 g/mol. The zero-order valence-corrected chi connectivity index (χ0v) is 13.5. The molecule has 0 saturated heterocycles. The summed E-state index contributed by atoms with van der Waals surface area (Å²) < 4.78 is 0. The fourth-order valence-corrected chi connectivity index (χ4v) is 2.67. The van der Waals surface area contributed by atoms with E-state index in [2.05, 4.69) is 80.7 Å². The maximum atomic E-state index is 3.59. The number of nitrogens with one attached hydrogen (secondary N) is 1. The van der Waals surface area contributed by atoms with Crippen molar-refractivity contribution >= 4 is 0 Å². The van der Waals surface area contributed by atoms with Crippen molar-refractivity contribution < 1.29 is 0 Å². The molecule has 0 fully saturated rings. The minimum Gasteiger partial charge on any atom is -0.314 e. The second kappa shape index (κ2) is 7.99. The highest BCUT2D eigenvalue weighted by Gasteiger charge is 2.13. The van der Waals surface area contributed by atoms with Crippen LogP contribution in [-0.4, -0.2) is 12.6 Å². The molecule has 1 nitrogen and oxygen atoms in total. The van der Waals surface area contributed by atoms with Gasteiger partial charge in [0.2, 0.25) is 0 Å². The maximum Gasteiger partial charge on any atom is 0.00257 e. The van der Waals surface area contributed by atoms with Crippen LogP contribution in [0.25, 0.3) is 0 Å². The van der Waals surface area contributed by atoms with Crippen LogP contribution < -0.4 is 5.32 Å². The van der Waals surface area contributed by atoms with Gasteiger partial charge in [0.1, 0.15) is 0 Å². The van der Waals surface area contributed by atoms with Crippen LogP contribution in [0, 0.1) is 0 Å². The first-order chi connectivity index (χ1) is 10.2. The third-order valence-electron chi connectivity index (χ3n) is 3.93. The first-order valence-corrected chi connectivity index (χ1v) is 8.05. The van der Waals surface area contributed by atoms with Gasteiger partial charge in [0.05, 0.1) is 0 Å². The van der Waals surface area contributed by atoms with E-state index < -0.39 is 0 Å². The highest BCUT2D eigenvalue weighted by molar-refractivity contribution is 5.28. The molecule has 1 N–H and O–H groups in total. The second-order valence-corrected chi connectivity index (χ2v) is 6.05. The third kappa shape index (κ3) is 5.02. The molecule has 0 bridgehead atoms. The topological polar surface area (TPSA) is 12.0 Å². The van der Waals surface area contributed by atoms with Crippen molar-refractivity contribution in [1.29, 1.82) is 0 Å². The first-order valence-electron chi connectivity index (χ1n) is 8.05. The summed E-state index contributed by atoms with van der Waals surface area (Å²) in [6.07, 6.45) is 2.20. The van der Waals surface area contributed by atoms with E-state index in [4.69, 9.17) is 0 Å². The van der Waals surface area contributed by atoms with E-state index in [0.29, 0.717) is 12.0 Å². The van der Waals surface area contributed by atoms with Gasteiger partial charge in [-0.15, -0.1) is 0 Å². The molecule has 21 heavy (non-hydrogen) atoms. The summed E-state index contributed by atoms with van der Waals surface area (Å²) in [6, 6.07) is 20.4. The summed E-state index contributed by atoms with van der Waals surface area (Å²) in [5, 5.41) is 3.59. The predicted octanol–water partition coefficient (Wildman–Crippen LogP) is 4.57. The van der Waals surface area contributed by atoms with Gasteiger partial charge in [-0.25, -0.2) is 0 Å². The van der Waals surface area contributed by atoms with Crippen molar-refractivity contribution in [2.45, 2.75) is 45.6 Å². The molecule has 0 aliphatic carbocycles. The summed E-state index contributed by atoms with van der Waals surface area (Å²) in [7, 11) is 0. The van der Waals surface area contributed by atoms with Crippen molar-refractivity contribution in [2.75, 3.05) is 6.54 Å². The van der Waals surface area contributed by atoms with Gasteiger partial charge < -0.3 is 5.32 Å². The molecule has 2 aromatic rings. The average molecular weight is 281 g/mol.